The van der Waals surface area contributed by atoms with Gasteiger partial charge in [-0.25, -0.2) is 4.99 Å². The molecular weight excluding hydrogens is 210 g/mol. The van der Waals surface area contributed by atoms with Crippen molar-refractivity contribution in [3.05, 3.63) is 30.3 Å². The highest BCUT2D eigenvalue weighted by Gasteiger charge is 2.25. The average Bonchev–Trinajstić information content (AvgIpc) is 2.34. The molecule has 0 amide bonds. The van der Waals surface area contributed by atoms with Crippen LogP contribution in [0.2, 0.25) is 0 Å². The topological polar surface area (TPSA) is 41.6 Å². The van der Waals surface area contributed by atoms with E-state index in [2.05, 4.69) is 23.7 Å². The number of para-hydroxylation sites is 1. The molecule has 17 heavy (non-hydrogen) atoms. The summed E-state index contributed by atoms with van der Waals surface area (Å²) in [5.74, 6) is 1.34. The smallest absolute Gasteiger partial charge is 0.196 e. The lowest BCUT2D eigenvalue weighted by Crippen LogP contribution is -2.49. The number of benzene rings is 1. The third kappa shape index (κ3) is 2.78. The molecule has 1 aromatic rings. The lowest BCUT2D eigenvalue weighted by atomic mass is 9.92. The van der Waals surface area contributed by atoms with Crippen molar-refractivity contribution < 1.29 is 0 Å². The minimum absolute atomic E-state index is 0.483. The SMILES string of the molecule is CC1CCCN(C(N)=Nc2ccccc2)C1C. The summed E-state index contributed by atoms with van der Waals surface area (Å²) in [5, 5.41) is 0. The van der Waals surface area contributed by atoms with Gasteiger partial charge in [0.15, 0.2) is 5.96 Å². The van der Waals surface area contributed by atoms with Crippen LogP contribution < -0.4 is 5.73 Å². The molecule has 0 aromatic heterocycles. The predicted octanol–water partition coefficient (Wildman–Crippen LogP) is 2.75. The van der Waals surface area contributed by atoms with Gasteiger partial charge in [-0.15, -0.1) is 0 Å². The molecule has 3 nitrogen and oxygen atoms in total. The number of piperidine rings is 1. The third-order valence-corrected chi connectivity index (χ3v) is 3.67. The molecule has 0 spiro atoms. The summed E-state index contributed by atoms with van der Waals surface area (Å²) in [7, 11) is 0. The van der Waals surface area contributed by atoms with Crippen LogP contribution in [0, 0.1) is 5.92 Å². The number of hydrogen-bond acceptors (Lipinski definition) is 1. The normalized spacial score (nSPS) is 26.0. The fourth-order valence-corrected chi connectivity index (χ4v) is 2.36. The first-order chi connectivity index (χ1) is 8.18. The first-order valence-electron chi connectivity index (χ1n) is 6.34. The predicted molar refractivity (Wildman–Crippen MR) is 72.3 cm³/mol. The number of rotatable bonds is 1. The number of nitrogens with two attached hydrogens (primary N) is 1. The molecule has 2 rings (SSSR count). The summed E-state index contributed by atoms with van der Waals surface area (Å²) in [6.45, 7) is 5.54. The minimum atomic E-state index is 0.483. The van der Waals surface area contributed by atoms with E-state index >= 15 is 0 Å². The Kier molecular flexibility index (Phi) is 3.67. The minimum Gasteiger partial charge on any atom is -0.369 e. The van der Waals surface area contributed by atoms with Crippen LogP contribution >= 0.6 is 0 Å². The fourth-order valence-electron chi connectivity index (χ4n) is 2.36. The van der Waals surface area contributed by atoms with Crippen molar-refractivity contribution >= 4 is 11.6 Å². The molecule has 1 aliphatic rings. The fraction of sp³-hybridized carbons (Fsp3) is 0.500. The number of hydrogen-bond donors (Lipinski definition) is 1. The Morgan fingerprint density at radius 3 is 2.71 bits per heavy atom. The largest absolute Gasteiger partial charge is 0.369 e. The number of guanidine groups is 1. The Labute approximate surface area is 103 Å². The molecule has 1 heterocycles. The molecular formula is C14H21N3. The molecule has 1 aromatic carbocycles. The molecule has 1 fully saturated rings. The average molecular weight is 231 g/mol. The van der Waals surface area contributed by atoms with Gasteiger partial charge < -0.3 is 10.6 Å². The van der Waals surface area contributed by atoms with E-state index < -0.39 is 0 Å². The first kappa shape index (κ1) is 12.0. The van der Waals surface area contributed by atoms with Gasteiger partial charge in [0.25, 0.3) is 0 Å². The molecule has 2 unspecified atom stereocenters. The van der Waals surface area contributed by atoms with Gasteiger partial charge in [0.2, 0.25) is 0 Å². The Morgan fingerprint density at radius 2 is 2.00 bits per heavy atom. The van der Waals surface area contributed by atoms with Crippen LogP contribution in [0.15, 0.2) is 35.3 Å². The zero-order valence-electron chi connectivity index (χ0n) is 10.6. The Bertz CT molecular complexity index is 386. The Morgan fingerprint density at radius 1 is 1.29 bits per heavy atom. The van der Waals surface area contributed by atoms with E-state index in [1.807, 2.05) is 30.3 Å². The second-order valence-electron chi connectivity index (χ2n) is 4.86. The van der Waals surface area contributed by atoms with Crippen molar-refractivity contribution in [2.45, 2.75) is 32.7 Å². The maximum Gasteiger partial charge on any atom is 0.196 e. The van der Waals surface area contributed by atoms with Gasteiger partial charge in [-0.3, -0.25) is 0 Å². The third-order valence-electron chi connectivity index (χ3n) is 3.67. The second-order valence-corrected chi connectivity index (χ2v) is 4.86. The van der Waals surface area contributed by atoms with Gasteiger partial charge >= 0.3 is 0 Å². The van der Waals surface area contributed by atoms with Gasteiger partial charge in [-0.05, 0) is 37.8 Å². The molecule has 0 aliphatic carbocycles. The zero-order valence-corrected chi connectivity index (χ0v) is 10.6. The summed E-state index contributed by atoms with van der Waals surface area (Å²) in [5.41, 5.74) is 7.04. The lowest BCUT2D eigenvalue weighted by Gasteiger charge is -2.38. The molecule has 2 atom stereocenters. The van der Waals surface area contributed by atoms with Gasteiger partial charge in [0.05, 0.1) is 5.69 Å². The van der Waals surface area contributed by atoms with E-state index in [0.717, 1.165) is 12.2 Å². The summed E-state index contributed by atoms with van der Waals surface area (Å²) < 4.78 is 0. The van der Waals surface area contributed by atoms with Crippen LogP contribution in [0.1, 0.15) is 26.7 Å². The molecule has 1 saturated heterocycles. The quantitative estimate of drug-likeness (QED) is 0.596. The Balaban J connectivity index is 2.14. The highest BCUT2D eigenvalue weighted by Crippen LogP contribution is 2.23. The van der Waals surface area contributed by atoms with Crippen LogP contribution in [-0.2, 0) is 0 Å². The molecule has 1 aliphatic heterocycles. The molecule has 2 N–H and O–H groups in total. The van der Waals surface area contributed by atoms with E-state index in [-0.39, 0.29) is 0 Å². The van der Waals surface area contributed by atoms with E-state index in [1.54, 1.807) is 0 Å². The van der Waals surface area contributed by atoms with Crippen molar-refractivity contribution in [3.8, 4) is 0 Å². The maximum absolute atomic E-state index is 6.11. The summed E-state index contributed by atoms with van der Waals surface area (Å²) in [6.07, 6.45) is 2.49. The summed E-state index contributed by atoms with van der Waals surface area (Å²) in [6, 6.07) is 10.4. The molecule has 92 valence electrons. The first-order valence-corrected chi connectivity index (χ1v) is 6.34. The van der Waals surface area contributed by atoms with E-state index in [9.17, 15) is 0 Å². The van der Waals surface area contributed by atoms with E-state index in [0.29, 0.717) is 17.9 Å². The van der Waals surface area contributed by atoms with Crippen molar-refractivity contribution in [2.75, 3.05) is 6.54 Å². The molecule has 0 bridgehead atoms. The van der Waals surface area contributed by atoms with Crippen molar-refractivity contribution in [3.63, 3.8) is 0 Å². The molecule has 0 saturated carbocycles. The van der Waals surface area contributed by atoms with Gasteiger partial charge in [-0.1, -0.05) is 25.1 Å². The molecule has 0 radical (unpaired) electrons. The van der Waals surface area contributed by atoms with Crippen molar-refractivity contribution in [1.29, 1.82) is 0 Å². The molecule has 3 heteroatoms. The summed E-state index contributed by atoms with van der Waals surface area (Å²) in [4.78, 5) is 6.71. The van der Waals surface area contributed by atoms with Crippen molar-refractivity contribution in [1.82, 2.24) is 4.90 Å². The standard InChI is InChI=1S/C14H21N3/c1-11-7-6-10-17(12(11)2)14(15)16-13-8-4-3-5-9-13/h3-5,8-9,11-12H,6-7,10H2,1-2H3,(H2,15,16). The monoisotopic (exact) mass is 231 g/mol. The number of aliphatic imine (C=N–C) groups is 1. The summed E-state index contributed by atoms with van der Waals surface area (Å²) >= 11 is 0. The van der Waals surface area contributed by atoms with Crippen LogP contribution in [0.4, 0.5) is 5.69 Å². The van der Waals surface area contributed by atoms with Crippen LogP contribution in [0.5, 0.6) is 0 Å². The maximum atomic E-state index is 6.11. The number of nitrogens with zero attached hydrogens (tertiary/aromatic N) is 2. The van der Waals surface area contributed by atoms with E-state index in [4.69, 9.17) is 5.73 Å². The second kappa shape index (κ2) is 5.21. The van der Waals surface area contributed by atoms with Gasteiger partial charge in [0, 0.05) is 12.6 Å². The van der Waals surface area contributed by atoms with Gasteiger partial charge in [-0.2, -0.15) is 0 Å². The highest BCUT2D eigenvalue weighted by molar-refractivity contribution is 5.81. The van der Waals surface area contributed by atoms with Crippen LogP contribution in [-0.4, -0.2) is 23.4 Å². The van der Waals surface area contributed by atoms with Crippen molar-refractivity contribution in [2.24, 2.45) is 16.6 Å². The van der Waals surface area contributed by atoms with Gasteiger partial charge in [0.1, 0.15) is 0 Å². The lowest BCUT2D eigenvalue weighted by molar-refractivity contribution is 0.190. The van der Waals surface area contributed by atoms with Crippen LogP contribution in [0.25, 0.3) is 0 Å². The highest BCUT2D eigenvalue weighted by atomic mass is 15.3. The van der Waals surface area contributed by atoms with E-state index in [1.165, 1.54) is 12.8 Å². The zero-order chi connectivity index (χ0) is 12.3. The number of likely N-dealkylation sites (tertiary alicyclic amines) is 1. The Hall–Kier alpha value is -1.51. The van der Waals surface area contributed by atoms with Crippen LogP contribution in [0.3, 0.4) is 0 Å².